The predicted octanol–water partition coefficient (Wildman–Crippen LogP) is 1.57. The Morgan fingerprint density at radius 2 is 2.35 bits per heavy atom. The quantitative estimate of drug-likeness (QED) is 0.835. The molecule has 2 N–H and O–H groups in total. The highest BCUT2D eigenvalue weighted by molar-refractivity contribution is 5.76. The summed E-state index contributed by atoms with van der Waals surface area (Å²) in [5.41, 5.74) is 1.78. The number of nitrogens with zero attached hydrogens (tertiary/aromatic N) is 1. The summed E-state index contributed by atoms with van der Waals surface area (Å²) in [6.45, 7) is 4.62. The maximum Gasteiger partial charge on any atom is 0.317 e. The average Bonchev–Trinajstić information content (AvgIpc) is 2.70. The SMILES string of the molecule is Cc1ccc(F)cc1NCCN1CCNC1=O. The van der Waals surface area contributed by atoms with Gasteiger partial charge in [0.1, 0.15) is 5.82 Å². The van der Waals surface area contributed by atoms with E-state index in [0.717, 1.165) is 17.8 Å². The summed E-state index contributed by atoms with van der Waals surface area (Å²) in [4.78, 5) is 13.0. The number of urea groups is 1. The summed E-state index contributed by atoms with van der Waals surface area (Å²) in [7, 11) is 0. The van der Waals surface area contributed by atoms with Crippen molar-refractivity contribution in [1.82, 2.24) is 10.2 Å². The second-order valence-corrected chi connectivity index (χ2v) is 4.10. The van der Waals surface area contributed by atoms with E-state index in [1.165, 1.54) is 12.1 Å². The van der Waals surface area contributed by atoms with Crippen LogP contribution in [0.1, 0.15) is 5.56 Å². The average molecular weight is 237 g/mol. The third-order valence-corrected chi connectivity index (χ3v) is 2.84. The molecule has 2 rings (SSSR count). The monoisotopic (exact) mass is 237 g/mol. The topological polar surface area (TPSA) is 44.4 Å². The van der Waals surface area contributed by atoms with Gasteiger partial charge in [0.05, 0.1) is 0 Å². The van der Waals surface area contributed by atoms with Gasteiger partial charge in [-0.25, -0.2) is 9.18 Å². The molecule has 0 atom stereocenters. The summed E-state index contributed by atoms with van der Waals surface area (Å²) in [5.74, 6) is -0.253. The molecule has 0 unspecified atom stereocenters. The van der Waals surface area contributed by atoms with Crippen LogP contribution in [0.4, 0.5) is 14.9 Å². The van der Waals surface area contributed by atoms with Gasteiger partial charge in [-0.15, -0.1) is 0 Å². The molecule has 5 heteroatoms. The van der Waals surface area contributed by atoms with E-state index in [0.29, 0.717) is 19.6 Å². The Labute approximate surface area is 99.8 Å². The van der Waals surface area contributed by atoms with Crippen LogP contribution in [0.15, 0.2) is 18.2 Å². The van der Waals surface area contributed by atoms with Crippen molar-refractivity contribution in [1.29, 1.82) is 0 Å². The van der Waals surface area contributed by atoms with E-state index in [4.69, 9.17) is 0 Å². The summed E-state index contributed by atoms with van der Waals surface area (Å²) < 4.78 is 13.0. The molecule has 0 bridgehead atoms. The van der Waals surface area contributed by atoms with E-state index >= 15 is 0 Å². The first-order chi connectivity index (χ1) is 8.16. The minimum absolute atomic E-state index is 0.0252. The molecular weight excluding hydrogens is 221 g/mol. The number of hydrogen-bond acceptors (Lipinski definition) is 2. The van der Waals surface area contributed by atoms with Crippen LogP contribution in [0.3, 0.4) is 0 Å². The number of aryl methyl sites for hydroxylation is 1. The van der Waals surface area contributed by atoms with E-state index in [-0.39, 0.29) is 11.8 Å². The van der Waals surface area contributed by atoms with Crippen molar-refractivity contribution in [3.05, 3.63) is 29.6 Å². The Kier molecular flexibility index (Phi) is 3.46. The first-order valence-corrected chi connectivity index (χ1v) is 5.69. The lowest BCUT2D eigenvalue weighted by Gasteiger charge is -2.15. The molecule has 2 amide bonds. The molecule has 0 radical (unpaired) electrons. The van der Waals surface area contributed by atoms with Crippen molar-refractivity contribution in [3.63, 3.8) is 0 Å². The molecular formula is C12H16FN3O. The van der Waals surface area contributed by atoms with Crippen molar-refractivity contribution in [3.8, 4) is 0 Å². The highest BCUT2D eigenvalue weighted by Gasteiger charge is 2.18. The van der Waals surface area contributed by atoms with E-state index in [1.807, 2.05) is 6.92 Å². The zero-order chi connectivity index (χ0) is 12.3. The molecule has 0 spiro atoms. The number of hydrogen-bond donors (Lipinski definition) is 2. The Hall–Kier alpha value is -1.78. The van der Waals surface area contributed by atoms with Gasteiger partial charge in [0.25, 0.3) is 0 Å². The van der Waals surface area contributed by atoms with Crippen LogP contribution in [0.5, 0.6) is 0 Å². The molecule has 1 aromatic rings. The molecule has 17 heavy (non-hydrogen) atoms. The highest BCUT2D eigenvalue weighted by atomic mass is 19.1. The third-order valence-electron chi connectivity index (χ3n) is 2.84. The van der Waals surface area contributed by atoms with Crippen LogP contribution in [-0.4, -0.2) is 37.1 Å². The summed E-state index contributed by atoms with van der Waals surface area (Å²) in [6.07, 6.45) is 0. The first kappa shape index (κ1) is 11.7. The molecule has 0 aliphatic carbocycles. The number of halogens is 1. The van der Waals surface area contributed by atoms with Crippen LogP contribution in [0.2, 0.25) is 0 Å². The lowest BCUT2D eigenvalue weighted by Crippen LogP contribution is -2.32. The second kappa shape index (κ2) is 5.03. The molecule has 0 saturated carbocycles. The number of rotatable bonds is 4. The number of anilines is 1. The lowest BCUT2D eigenvalue weighted by molar-refractivity contribution is 0.219. The molecule has 1 aromatic carbocycles. The van der Waals surface area contributed by atoms with Gasteiger partial charge in [-0.1, -0.05) is 6.07 Å². The van der Waals surface area contributed by atoms with Gasteiger partial charge < -0.3 is 15.5 Å². The van der Waals surface area contributed by atoms with Crippen LogP contribution in [-0.2, 0) is 0 Å². The van der Waals surface area contributed by atoms with E-state index in [1.54, 1.807) is 11.0 Å². The van der Waals surface area contributed by atoms with Gasteiger partial charge in [0, 0.05) is 31.9 Å². The Balaban J connectivity index is 1.85. The fourth-order valence-electron chi connectivity index (χ4n) is 1.83. The molecule has 0 aromatic heterocycles. The van der Waals surface area contributed by atoms with Crippen LogP contribution >= 0.6 is 0 Å². The van der Waals surface area contributed by atoms with Crippen LogP contribution < -0.4 is 10.6 Å². The molecule has 4 nitrogen and oxygen atoms in total. The fourth-order valence-corrected chi connectivity index (χ4v) is 1.83. The van der Waals surface area contributed by atoms with E-state index in [2.05, 4.69) is 10.6 Å². The van der Waals surface area contributed by atoms with Gasteiger partial charge in [0.15, 0.2) is 0 Å². The summed E-state index contributed by atoms with van der Waals surface area (Å²) >= 11 is 0. The Morgan fingerprint density at radius 3 is 3.06 bits per heavy atom. The smallest absolute Gasteiger partial charge is 0.317 e. The number of benzene rings is 1. The van der Waals surface area contributed by atoms with Crippen LogP contribution in [0, 0.1) is 12.7 Å². The van der Waals surface area contributed by atoms with Gasteiger partial charge in [0.2, 0.25) is 0 Å². The lowest BCUT2D eigenvalue weighted by atomic mass is 10.2. The van der Waals surface area contributed by atoms with E-state index in [9.17, 15) is 9.18 Å². The Morgan fingerprint density at radius 1 is 1.53 bits per heavy atom. The standard InChI is InChI=1S/C12H16FN3O/c1-9-2-3-10(13)8-11(9)14-4-6-16-7-5-15-12(16)17/h2-3,8,14H,4-7H2,1H3,(H,15,17). The van der Waals surface area contributed by atoms with Crippen molar-refractivity contribution >= 4 is 11.7 Å². The van der Waals surface area contributed by atoms with Gasteiger partial charge in [-0.2, -0.15) is 0 Å². The minimum Gasteiger partial charge on any atom is -0.383 e. The number of amides is 2. The number of carbonyl (C=O) groups excluding carboxylic acids is 1. The van der Waals surface area contributed by atoms with Gasteiger partial charge in [-0.05, 0) is 24.6 Å². The molecule has 1 heterocycles. The second-order valence-electron chi connectivity index (χ2n) is 4.10. The number of nitrogens with one attached hydrogen (secondary N) is 2. The van der Waals surface area contributed by atoms with Crippen molar-refractivity contribution in [2.24, 2.45) is 0 Å². The van der Waals surface area contributed by atoms with Gasteiger partial charge in [-0.3, -0.25) is 0 Å². The molecule has 1 fully saturated rings. The predicted molar refractivity (Wildman–Crippen MR) is 64.6 cm³/mol. The number of carbonyl (C=O) groups is 1. The zero-order valence-electron chi connectivity index (χ0n) is 9.79. The van der Waals surface area contributed by atoms with Crippen LogP contribution in [0.25, 0.3) is 0 Å². The Bertz CT molecular complexity index is 422. The molecule has 1 aliphatic rings. The van der Waals surface area contributed by atoms with Gasteiger partial charge >= 0.3 is 6.03 Å². The largest absolute Gasteiger partial charge is 0.383 e. The minimum atomic E-state index is -0.253. The van der Waals surface area contributed by atoms with E-state index < -0.39 is 0 Å². The molecule has 1 aliphatic heterocycles. The maximum absolute atomic E-state index is 13.0. The zero-order valence-corrected chi connectivity index (χ0v) is 9.79. The summed E-state index contributed by atoms with van der Waals surface area (Å²) in [6, 6.07) is 4.62. The van der Waals surface area contributed by atoms with Crippen molar-refractivity contribution in [2.75, 3.05) is 31.5 Å². The van der Waals surface area contributed by atoms with Crippen molar-refractivity contribution < 1.29 is 9.18 Å². The highest BCUT2D eigenvalue weighted by Crippen LogP contribution is 2.15. The third kappa shape index (κ3) is 2.87. The molecule has 92 valence electrons. The normalized spacial score (nSPS) is 14.9. The fraction of sp³-hybridized carbons (Fsp3) is 0.417. The van der Waals surface area contributed by atoms with Crippen molar-refractivity contribution in [2.45, 2.75) is 6.92 Å². The maximum atomic E-state index is 13.0. The molecule has 1 saturated heterocycles. The summed E-state index contributed by atoms with van der Waals surface area (Å²) in [5, 5.41) is 5.88. The first-order valence-electron chi connectivity index (χ1n) is 5.69.